The Morgan fingerprint density at radius 1 is 1.21 bits per heavy atom. The van der Waals surface area contributed by atoms with Crippen LogP contribution >= 0.6 is 24.0 Å². The van der Waals surface area contributed by atoms with Crippen LogP contribution in [0.3, 0.4) is 0 Å². The van der Waals surface area contributed by atoms with Crippen LogP contribution in [0.1, 0.15) is 20.8 Å². The molecule has 0 saturated carbocycles. The first-order chi connectivity index (χ1) is 13.0. The number of benzene rings is 1. The number of aliphatic imine (C=N–C) groups is 1. The van der Waals surface area contributed by atoms with E-state index >= 15 is 0 Å². The van der Waals surface area contributed by atoms with Gasteiger partial charge in [-0.25, -0.2) is 4.39 Å². The highest BCUT2D eigenvalue weighted by Gasteiger charge is 2.18. The maximum absolute atomic E-state index is 13.3. The minimum Gasteiger partial charge on any atom is -0.489 e. The Morgan fingerprint density at radius 2 is 1.93 bits per heavy atom. The van der Waals surface area contributed by atoms with Crippen molar-refractivity contribution in [2.45, 2.75) is 32.9 Å². The van der Waals surface area contributed by atoms with Crippen LogP contribution in [0, 0.1) is 5.82 Å². The molecule has 2 unspecified atom stereocenters. The highest BCUT2D eigenvalue weighted by Crippen LogP contribution is 2.13. The number of hydrogen-bond acceptors (Lipinski definition) is 4. The molecule has 160 valence electrons. The Hall–Kier alpha value is -1.13. The molecule has 1 aromatic rings. The Kier molecular flexibility index (Phi) is 11.7. The molecule has 0 radical (unpaired) electrons. The average molecular weight is 507 g/mol. The first-order valence-corrected chi connectivity index (χ1v) is 9.85. The van der Waals surface area contributed by atoms with E-state index < -0.39 is 0 Å². The molecule has 1 fully saturated rings. The molecule has 28 heavy (non-hydrogen) atoms. The molecule has 2 rings (SSSR count). The molecule has 6 nitrogen and oxygen atoms in total. The fourth-order valence-electron chi connectivity index (χ4n) is 3.00. The summed E-state index contributed by atoms with van der Waals surface area (Å²) in [5.41, 5.74) is 0. The van der Waals surface area contributed by atoms with Gasteiger partial charge in [-0.2, -0.15) is 0 Å². The van der Waals surface area contributed by atoms with Crippen molar-refractivity contribution in [2.24, 2.45) is 4.99 Å². The van der Waals surface area contributed by atoms with Gasteiger partial charge in [0.2, 0.25) is 0 Å². The van der Waals surface area contributed by atoms with Gasteiger partial charge in [0.25, 0.3) is 0 Å². The van der Waals surface area contributed by atoms with Gasteiger partial charge in [-0.05, 0) is 40.0 Å². The number of halogens is 2. The lowest BCUT2D eigenvalue weighted by Crippen LogP contribution is -2.49. The van der Waals surface area contributed by atoms with Crippen molar-refractivity contribution in [3.8, 4) is 5.75 Å². The number of hydrogen-bond donors (Lipinski definition) is 2. The van der Waals surface area contributed by atoms with Crippen molar-refractivity contribution < 1.29 is 9.13 Å². The molecule has 1 saturated heterocycles. The van der Waals surface area contributed by atoms with Gasteiger partial charge in [0.1, 0.15) is 17.7 Å². The minimum atomic E-state index is -0.291. The number of guanidine groups is 1. The molecule has 0 aliphatic carbocycles. The summed E-state index contributed by atoms with van der Waals surface area (Å²) in [6.45, 7) is 12.8. The third-order valence-electron chi connectivity index (χ3n) is 4.71. The summed E-state index contributed by atoms with van der Waals surface area (Å²) in [7, 11) is 2.17. The van der Waals surface area contributed by atoms with Crippen molar-refractivity contribution >= 4 is 29.9 Å². The summed E-state index contributed by atoms with van der Waals surface area (Å²) in [6, 6.07) is 6.63. The standard InChI is InChI=1S/C20H34FN5O.HI/c1-5-22-20(23-14-16(2)26-11-9-25(4)10-12-26)24-15-17(3)27-19-8-6-7-18(21)13-19;/h6-8,13,16-17H,5,9-12,14-15H2,1-4H3,(H2,22,23,24);1H. The Morgan fingerprint density at radius 3 is 2.57 bits per heavy atom. The zero-order chi connectivity index (χ0) is 19.6. The van der Waals surface area contributed by atoms with Gasteiger partial charge in [0.05, 0.1) is 13.1 Å². The van der Waals surface area contributed by atoms with E-state index in [1.165, 1.54) is 12.1 Å². The predicted molar refractivity (Wildman–Crippen MR) is 124 cm³/mol. The van der Waals surface area contributed by atoms with Gasteiger partial charge >= 0.3 is 0 Å². The summed E-state index contributed by atoms with van der Waals surface area (Å²) in [6.07, 6.45) is -0.106. The highest BCUT2D eigenvalue weighted by molar-refractivity contribution is 14.0. The van der Waals surface area contributed by atoms with E-state index in [0.29, 0.717) is 18.3 Å². The second-order valence-electron chi connectivity index (χ2n) is 7.17. The highest BCUT2D eigenvalue weighted by atomic mass is 127. The van der Waals surface area contributed by atoms with Crippen LogP contribution in [0.15, 0.2) is 29.3 Å². The van der Waals surface area contributed by atoms with E-state index in [9.17, 15) is 4.39 Å². The van der Waals surface area contributed by atoms with E-state index in [0.717, 1.165) is 45.2 Å². The summed E-state index contributed by atoms with van der Waals surface area (Å²) in [5, 5.41) is 6.59. The van der Waals surface area contributed by atoms with E-state index in [4.69, 9.17) is 9.73 Å². The number of ether oxygens (including phenoxy) is 1. The Balaban J connectivity index is 0.00000392. The lowest BCUT2D eigenvalue weighted by molar-refractivity contribution is 0.122. The lowest BCUT2D eigenvalue weighted by Gasteiger charge is -2.35. The fourth-order valence-corrected chi connectivity index (χ4v) is 3.00. The monoisotopic (exact) mass is 507 g/mol. The molecule has 1 heterocycles. The van der Waals surface area contributed by atoms with Crippen LogP contribution in [0.5, 0.6) is 5.75 Å². The molecule has 2 atom stereocenters. The summed E-state index contributed by atoms with van der Waals surface area (Å²) in [5.74, 6) is 1.03. The molecule has 2 N–H and O–H groups in total. The SMILES string of the molecule is CCNC(=NCC(C)N1CCN(C)CC1)NCC(C)Oc1cccc(F)c1.I. The van der Waals surface area contributed by atoms with Crippen molar-refractivity contribution in [1.29, 1.82) is 0 Å². The molecule has 0 aromatic heterocycles. The van der Waals surface area contributed by atoms with Gasteiger partial charge in [0, 0.05) is 44.8 Å². The first-order valence-electron chi connectivity index (χ1n) is 9.85. The Bertz CT molecular complexity index is 596. The Labute approximate surface area is 185 Å². The van der Waals surface area contributed by atoms with Gasteiger partial charge in [-0.3, -0.25) is 9.89 Å². The lowest BCUT2D eigenvalue weighted by atomic mass is 10.2. The summed E-state index contributed by atoms with van der Waals surface area (Å²) >= 11 is 0. The number of rotatable bonds is 8. The molecular formula is C20H35FIN5O. The molecule has 1 aliphatic heterocycles. The molecule has 0 bridgehead atoms. The van der Waals surface area contributed by atoms with E-state index in [2.05, 4.69) is 34.4 Å². The van der Waals surface area contributed by atoms with E-state index in [-0.39, 0.29) is 35.9 Å². The molecular weight excluding hydrogens is 472 g/mol. The normalized spacial score (nSPS) is 18.1. The van der Waals surface area contributed by atoms with Crippen molar-refractivity contribution in [1.82, 2.24) is 20.4 Å². The van der Waals surface area contributed by atoms with Crippen molar-refractivity contribution in [3.05, 3.63) is 30.1 Å². The summed E-state index contributed by atoms with van der Waals surface area (Å²) in [4.78, 5) is 9.57. The molecule has 8 heteroatoms. The topological polar surface area (TPSA) is 52.1 Å². The third-order valence-corrected chi connectivity index (χ3v) is 4.71. The minimum absolute atomic E-state index is 0. The van der Waals surface area contributed by atoms with Crippen LogP contribution < -0.4 is 15.4 Å². The van der Waals surface area contributed by atoms with Crippen LogP contribution in [0.4, 0.5) is 4.39 Å². The van der Waals surface area contributed by atoms with Gasteiger partial charge in [-0.15, -0.1) is 24.0 Å². The van der Waals surface area contributed by atoms with Crippen LogP contribution in [-0.2, 0) is 0 Å². The van der Waals surface area contributed by atoms with Crippen molar-refractivity contribution in [3.63, 3.8) is 0 Å². The number of likely N-dealkylation sites (N-methyl/N-ethyl adjacent to an activating group) is 1. The van der Waals surface area contributed by atoms with Crippen LogP contribution in [0.25, 0.3) is 0 Å². The number of nitrogens with zero attached hydrogens (tertiary/aromatic N) is 3. The second-order valence-corrected chi connectivity index (χ2v) is 7.17. The smallest absolute Gasteiger partial charge is 0.191 e. The fraction of sp³-hybridized carbons (Fsp3) is 0.650. The predicted octanol–water partition coefficient (Wildman–Crippen LogP) is 2.40. The third kappa shape index (κ3) is 8.91. The molecule has 1 aromatic carbocycles. The first kappa shape index (κ1) is 24.9. The zero-order valence-corrected chi connectivity index (χ0v) is 19.8. The number of piperazine rings is 1. The van der Waals surface area contributed by atoms with Crippen molar-refractivity contribution in [2.75, 3.05) is 52.9 Å². The van der Waals surface area contributed by atoms with E-state index in [1.54, 1.807) is 12.1 Å². The summed E-state index contributed by atoms with van der Waals surface area (Å²) < 4.78 is 19.0. The van der Waals surface area contributed by atoms with Gasteiger partial charge in [-0.1, -0.05) is 6.07 Å². The van der Waals surface area contributed by atoms with Gasteiger partial charge in [0.15, 0.2) is 5.96 Å². The second kappa shape index (κ2) is 13.2. The molecule has 0 amide bonds. The zero-order valence-electron chi connectivity index (χ0n) is 17.4. The molecule has 1 aliphatic rings. The van der Waals surface area contributed by atoms with Gasteiger partial charge < -0.3 is 20.3 Å². The number of nitrogens with one attached hydrogen (secondary N) is 2. The van der Waals surface area contributed by atoms with E-state index in [1.807, 2.05) is 13.8 Å². The molecule has 0 spiro atoms. The maximum Gasteiger partial charge on any atom is 0.191 e. The van der Waals surface area contributed by atoms with Crippen LogP contribution in [0.2, 0.25) is 0 Å². The largest absolute Gasteiger partial charge is 0.489 e. The average Bonchev–Trinajstić information content (AvgIpc) is 2.64. The quantitative estimate of drug-likeness (QED) is 0.322. The van der Waals surface area contributed by atoms with Crippen LogP contribution in [-0.4, -0.2) is 80.8 Å². The maximum atomic E-state index is 13.3.